The van der Waals surface area contributed by atoms with Crippen LogP contribution in [0.5, 0.6) is 5.75 Å². The first-order valence-corrected chi connectivity index (χ1v) is 4.43. The standard InChI is InChI=1S/C9H7FOS/c1-5-2-3-7(11)8-6(10)4-12-9(5)8/h2-4,11H,1H3. The van der Waals surface area contributed by atoms with E-state index in [0.29, 0.717) is 5.39 Å². The number of hydrogen-bond acceptors (Lipinski definition) is 2. The molecule has 0 saturated heterocycles. The molecule has 0 spiro atoms. The molecule has 0 unspecified atom stereocenters. The summed E-state index contributed by atoms with van der Waals surface area (Å²) in [6.45, 7) is 1.90. The van der Waals surface area contributed by atoms with E-state index in [2.05, 4.69) is 0 Å². The van der Waals surface area contributed by atoms with Crippen molar-refractivity contribution in [3.63, 3.8) is 0 Å². The molecule has 1 aromatic carbocycles. The second-order valence-corrected chi connectivity index (χ2v) is 3.57. The molecule has 0 fully saturated rings. The molecular weight excluding hydrogens is 175 g/mol. The average molecular weight is 182 g/mol. The van der Waals surface area contributed by atoms with Gasteiger partial charge in [-0.15, -0.1) is 11.3 Å². The number of thiophene rings is 1. The van der Waals surface area contributed by atoms with Crippen LogP contribution in [0.3, 0.4) is 0 Å². The Balaban J connectivity index is 2.98. The second-order valence-electron chi connectivity index (χ2n) is 2.69. The van der Waals surface area contributed by atoms with E-state index in [1.165, 1.54) is 22.8 Å². The summed E-state index contributed by atoms with van der Waals surface area (Å²) in [4.78, 5) is 0. The van der Waals surface area contributed by atoms with Gasteiger partial charge in [-0.25, -0.2) is 4.39 Å². The minimum absolute atomic E-state index is 0.0225. The summed E-state index contributed by atoms with van der Waals surface area (Å²) in [6.07, 6.45) is 0. The van der Waals surface area contributed by atoms with Gasteiger partial charge in [0, 0.05) is 10.1 Å². The van der Waals surface area contributed by atoms with Gasteiger partial charge >= 0.3 is 0 Å². The highest BCUT2D eigenvalue weighted by atomic mass is 32.1. The highest BCUT2D eigenvalue weighted by Crippen LogP contribution is 2.34. The molecule has 0 amide bonds. The van der Waals surface area contributed by atoms with E-state index in [4.69, 9.17) is 0 Å². The van der Waals surface area contributed by atoms with Gasteiger partial charge in [0.2, 0.25) is 0 Å². The number of phenols is 1. The van der Waals surface area contributed by atoms with Gasteiger partial charge in [0.25, 0.3) is 0 Å². The van der Waals surface area contributed by atoms with Crippen LogP contribution < -0.4 is 0 Å². The lowest BCUT2D eigenvalue weighted by molar-refractivity contribution is 0.479. The van der Waals surface area contributed by atoms with Gasteiger partial charge in [-0.1, -0.05) is 6.07 Å². The molecule has 1 nitrogen and oxygen atoms in total. The minimum Gasteiger partial charge on any atom is -0.507 e. The summed E-state index contributed by atoms with van der Waals surface area (Å²) in [5, 5.41) is 11.1. The van der Waals surface area contributed by atoms with Gasteiger partial charge in [0.1, 0.15) is 11.6 Å². The number of halogens is 1. The Morgan fingerprint density at radius 3 is 2.83 bits per heavy atom. The number of phenolic OH excluding ortho intramolecular Hbond substituents is 1. The first kappa shape index (κ1) is 7.55. The molecule has 1 heterocycles. The van der Waals surface area contributed by atoms with Crippen LogP contribution >= 0.6 is 11.3 Å². The fraction of sp³-hybridized carbons (Fsp3) is 0.111. The third kappa shape index (κ3) is 0.898. The maximum atomic E-state index is 13.0. The molecule has 2 aromatic rings. The number of rotatable bonds is 0. The first-order valence-electron chi connectivity index (χ1n) is 3.55. The van der Waals surface area contributed by atoms with Crippen molar-refractivity contribution in [3.05, 3.63) is 28.9 Å². The van der Waals surface area contributed by atoms with E-state index < -0.39 is 0 Å². The Morgan fingerprint density at radius 2 is 2.17 bits per heavy atom. The highest BCUT2D eigenvalue weighted by molar-refractivity contribution is 7.17. The van der Waals surface area contributed by atoms with Crippen molar-refractivity contribution in [1.29, 1.82) is 0 Å². The molecule has 3 heteroatoms. The molecule has 0 atom stereocenters. The van der Waals surface area contributed by atoms with Gasteiger partial charge in [0.15, 0.2) is 0 Å². The Kier molecular flexibility index (Phi) is 1.54. The normalized spacial score (nSPS) is 10.8. The molecule has 12 heavy (non-hydrogen) atoms. The Labute approximate surface area is 73.1 Å². The van der Waals surface area contributed by atoms with Crippen molar-refractivity contribution >= 4 is 21.4 Å². The fourth-order valence-corrected chi connectivity index (χ4v) is 2.14. The van der Waals surface area contributed by atoms with E-state index in [9.17, 15) is 9.50 Å². The summed E-state index contributed by atoms with van der Waals surface area (Å²) in [5.41, 5.74) is 0.997. The lowest BCUT2D eigenvalue weighted by Gasteiger charge is -1.97. The topological polar surface area (TPSA) is 20.2 Å². The van der Waals surface area contributed by atoms with Crippen LogP contribution in [0.1, 0.15) is 5.56 Å². The van der Waals surface area contributed by atoms with Crippen LogP contribution in [0, 0.1) is 12.7 Å². The van der Waals surface area contributed by atoms with Crippen LogP contribution in [-0.2, 0) is 0 Å². The maximum Gasteiger partial charge on any atom is 0.145 e. The monoisotopic (exact) mass is 182 g/mol. The van der Waals surface area contributed by atoms with Crippen molar-refractivity contribution in [2.75, 3.05) is 0 Å². The summed E-state index contributed by atoms with van der Waals surface area (Å²) >= 11 is 1.32. The molecular formula is C9H7FOS. The third-order valence-electron chi connectivity index (χ3n) is 1.85. The van der Waals surface area contributed by atoms with Crippen molar-refractivity contribution in [2.24, 2.45) is 0 Å². The fourth-order valence-electron chi connectivity index (χ4n) is 1.23. The molecule has 62 valence electrons. The van der Waals surface area contributed by atoms with Crippen LogP contribution in [-0.4, -0.2) is 5.11 Å². The van der Waals surface area contributed by atoms with Crippen LogP contribution in [0.4, 0.5) is 4.39 Å². The molecule has 2 rings (SSSR count). The Bertz CT molecular complexity index is 433. The van der Waals surface area contributed by atoms with E-state index in [-0.39, 0.29) is 11.6 Å². The molecule has 0 bridgehead atoms. The SMILES string of the molecule is Cc1ccc(O)c2c(F)csc12. The number of aryl methyl sites for hydroxylation is 1. The predicted molar refractivity (Wildman–Crippen MR) is 48.2 cm³/mol. The van der Waals surface area contributed by atoms with E-state index in [0.717, 1.165) is 10.3 Å². The van der Waals surface area contributed by atoms with Crippen molar-refractivity contribution in [1.82, 2.24) is 0 Å². The van der Waals surface area contributed by atoms with Gasteiger partial charge in [-0.2, -0.15) is 0 Å². The largest absolute Gasteiger partial charge is 0.507 e. The maximum absolute atomic E-state index is 13.0. The summed E-state index contributed by atoms with van der Waals surface area (Å²) in [7, 11) is 0. The quantitative estimate of drug-likeness (QED) is 0.663. The van der Waals surface area contributed by atoms with Crippen molar-refractivity contribution < 1.29 is 9.50 Å². The summed E-state index contributed by atoms with van der Waals surface area (Å²) in [6, 6.07) is 3.31. The Hall–Kier alpha value is -1.09. The van der Waals surface area contributed by atoms with Crippen LogP contribution in [0.25, 0.3) is 10.1 Å². The molecule has 1 N–H and O–H groups in total. The van der Waals surface area contributed by atoms with Gasteiger partial charge in [-0.05, 0) is 18.6 Å². The van der Waals surface area contributed by atoms with Gasteiger partial charge in [-0.3, -0.25) is 0 Å². The summed E-state index contributed by atoms with van der Waals surface area (Å²) in [5.74, 6) is -0.314. The number of fused-ring (bicyclic) bond motifs is 1. The highest BCUT2D eigenvalue weighted by Gasteiger charge is 2.09. The number of hydrogen-bond donors (Lipinski definition) is 1. The van der Waals surface area contributed by atoms with E-state index in [1.54, 1.807) is 6.07 Å². The molecule has 0 aliphatic heterocycles. The zero-order valence-electron chi connectivity index (χ0n) is 6.47. The average Bonchev–Trinajstić information content (AvgIpc) is 2.42. The predicted octanol–water partition coefficient (Wildman–Crippen LogP) is 3.05. The van der Waals surface area contributed by atoms with Crippen LogP contribution in [0.2, 0.25) is 0 Å². The lowest BCUT2D eigenvalue weighted by atomic mass is 10.2. The van der Waals surface area contributed by atoms with Crippen molar-refractivity contribution in [2.45, 2.75) is 6.92 Å². The molecule has 0 saturated carbocycles. The molecule has 0 aliphatic carbocycles. The van der Waals surface area contributed by atoms with E-state index in [1.807, 2.05) is 6.92 Å². The molecule has 0 aliphatic rings. The number of aromatic hydroxyl groups is 1. The van der Waals surface area contributed by atoms with Gasteiger partial charge < -0.3 is 5.11 Å². The zero-order chi connectivity index (χ0) is 8.72. The van der Waals surface area contributed by atoms with E-state index >= 15 is 0 Å². The minimum atomic E-state index is -0.337. The van der Waals surface area contributed by atoms with Crippen LogP contribution in [0.15, 0.2) is 17.5 Å². The number of benzene rings is 1. The molecule has 0 radical (unpaired) electrons. The lowest BCUT2D eigenvalue weighted by Crippen LogP contribution is -1.75. The van der Waals surface area contributed by atoms with Gasteiger partial charge in [0.05, 0.1) is 5.39 Å². The second kappa shape index (κ2) is 2.45. The smallest absolute Gasteiger partial charge is 0.145 e. The molecule has 1 aromatic heterocycles. The third-order valence-corrected chi connectivity index (χ3v) is 2.94. The first-order chi connectivity index (χ1) is 5.70. The summed E-state index contributed by atoms with van der Waals surface area (Å²) < 4.78 is 13.9. The zero-order valence-corrected chi connectivity index (χ0v) is 7.28. The Morgan fingerprint density at radius 1 is 1.42 bits per heavy atom. The van der Waals surface area contributed by atoms with Crippen molar-refractivity contribution in [3.8, 4) is 5.75 Å².